The highest BCUT2D eigenvalue weighted by atomic mass is 35.5. The standard InChI is InChI=1S/C25H17ClFN5/c1-14-15(2)30-25-23(29-14)22(20-9-8-19(26)12-21(20)27)31-24(32-25)17-6-3-5-16(11-17)18-7-4-10-28-13-18/h3-13H,1-2H3. The Hall–Kier alpha value is -3.77. The van der Waals surface area contributed by atoms with Crippen molar-refractivity contribution in [3.8, 4) is 33.8 Å². The number of rotatable bonds is 3. The number of nitrogens with zero attached hydrogens (tertiary/aromatic N) is 5. The predicted molar refractivity (Wildman–Crippen MR) is 124 cm³/mol. The molecule has 0 saturated carbocycles. The predicted octanol–water partition coefficient (Wildman–Crippen LogP) is 6.23. The van der Waals surface area contributed by atoms with Crippen molar-refractivity contribution in [2.75, 3.05) is 0 Å². The maximum atomic E-state index is 14.9. The topological polar surface area (TPSA) is 64.5 Å². The van der Waals surface area contributed by atoms with Crippen molar-refractivity contribution in [3.63, 3.8) is 0 Å². The fourth-order valence-corrected chi connectivity index (χ4v) is 3.64. The summed E-state index contributed by atoms with van der Waals surface area (Å²) >= 11 is 5.97. The van der Waals surface area contributed by atoms with E-state index < -0.39 is 5.82 Å². The van der Waals surface area contributed by atoms with Crippen LogP contribution >= 0.6 is 11.6 Å². The summed E-state index contributed by atoms with van der Waals surface area (Å²) in [7, 11) is 0. The van der Waals surface area contributed by atoms with E-state index in [0.29, 0.717) is 33.3 Å². The molecule has 0 bridgehead atoms. The third-order valence-corrected chi connectivity index (χ3v) is 5.48. The molecule has 0 spiro atoms. The minimum atomic E-state index is -0.479. The van der Waals surface area contributed by atoms with Crippen LogP contribution in [0.3, 0.4) is 0 Å². The molecule has 5 rings (SSSR count). The van der Waals surface area contributed by atoms with Crippen molar-refractivity contribution in [2.24, 2.45) is 0 Å². The SMILES string of the molecule is Cc1nc2nc(-c3cccc(-c4cccnc4)c3)nc(-c3ccc(Cl)cc3F)c2nc1C. The van der Waals surface area contributed by atoms with Crippen molar-refractivity contribution in [2.45, 2.75) is 13.8 Å². The molecule has 3 aromatic heterocycles. The van der Waals surface area contributed by atoms with Gasteiger partial charge in [0, 0.05) is 34.1 Å². The molecular formula is C25H17ClFN5. The zero-order valence-corrected chi connectivity index (χ0v) is 18.1. The summed E-state index contributed by atoms with van der Waals surface area (Å²) < 4.78 is 14.9. The van der Waals surface area contributed by atoms with Crippen LogP contribution in [0.2, 0.25) is 5.02 Å². The third-order valence-electron chi connectivity index (χ3n) is 5.24. The van der Waals surface area contributed by atoms with Gasteiger partial charge < -0.3 is 0 Å². The average molecular weight is 442 g/mol. The Morgan fingerprint density at radius 1 is 0.781 bits per heavy atom. The fraction of sp³-hybridized carbons (Fsp3) is 0.0800. The van der Waals surface area contributed by atoms with Crippen LogP contribution in [-0.2, 0) is 0 Å². The Kier molecular flexibility index (Phi) is 5.07. The van der Waals surface area contributed by atoms with Crippen LogP contribution < -0.4 is 0 Å². The van der Waals surface area contributed by atoms with Crippen LogP contribution in [0.1, 0.15) is 11.4 Å². The Bertz CT molecular complexity index is 1470. The van der Waals surface area contributed by atoms with Crippen LogP contribution in [0.25, 0.3) is 44.9 Å². The highest BCUT2D eigenvalue weighted by Crippen LogP contribution is 2.32. The van der Waals surface area contributed by atoms with Crippen LogP contribution in [0.15, 0.2) is 67.0 Å². The van der Waals surface area contributed by atoms with Gasteiger partial charge in [-0.3, -0.25) is 4.98 Å². The molecule has 0 radical (unpaired) electrons. The van der Waals surface area contributed by atoms with Gasteiger partial charge in [-0.25, -0.2) is 24.3 Å². The molecule has 32 heavy (non-hydrogen) atoms. The molecular weight excluding hydrogens is 425 g/mol. The maximum absolute atomic E-state index is 14.9. The van der Waals surface area contributed by atoms with Gasteiger partial charge in [0.2, 0.25) is 0 Å². The van der Waals surface area contributed by atoms with Gasteiger partial charge in [-0.2, -0.15) is 0 Å². The Morgan fingerprint density at radius 2 is 1.56 bits per heavy atom. The van der Waals surface area contributed by atoms with Gasteiger partial charge in [0.05, 0.1) is 11.4 Å². The number of pyridine rings is 1. The van der Waals surface area contributed by atoms with Gasteiger partial charge >= 0.3 is 0 Å². The minimum absolute atomic E-state index is 0.295. The summed E-state index contributed by atoms with van der Waals surface area (Å²) in [4.78, 5) is 22.8. The smallest absolute Gasteiger partial charge is 0.182 e. The van der Waals surface area contributed by atoms with Gasteiger partial charge in [0.25, 0.3) is 0 Å². The van der Waals surface area contributed by atoms with Crippen LogP contribution in [0.4, 0.5) is 4.39 Å². The minimum Gasteiger partial charge on any atom is -0.264 e. The lowest BCUT2D eigenvalue weighted by molar-refractivity contribution is 0.631. The lowest BCUT2D eigenvalue weighted by Crippen LogP contribution is -2.02. The lowest BCUT2D eigenvalue weighted by Gasteiger charge is -2.11. The molecule has 3 heterocycles. The molecule has 156 valence electrons. The van der Waals surface area contributed by atoms with Gasteiger partial charge in [-0.1, -0.05) is 35.9 Å². The second-order valence-electron chi connectivity index (χ2n) is 7.41. The number of fused-ring (bicyclic) bond motifs is 1. The molecule has 0 unspecified atom stereocenters. The van der Waals surface area contributed by atoms with E-state index in [-0.39, 0.29) is 0 Å². The van der Waals surface area contributed by atoms with Crippen molar-refractivity contribution in [1.29, 1.82) is 0 Å². The van der Waals surface area contributed by atoms with E-state index in [0.717, 1.165) is 28.1 Å². The number of hydrogen-bond donors (Lipinski definition) is 0. The molecule has 5 aromatic rings. The fourth-order valence-electron chi connectivity index (χ4n) is 3.48. The normalized spacial score (nSPS) is 11.1. The Balaban J connectivity index is 1.76. The highest BCUT2D eigenvalue weighted by Gasteiger charge is 2.18. The summed E-state index contributed by atoms with van der Waals surface area (Å²) in [5.41, 5.74) is 5.76. The summed E-state index contributed by atoms with van der Waals surface area (Å²) in [6.45, 7) is 3.73. The van der Waals surface area contributed by atoms with Crippen molar-refractivity contribution < 1.29 is 4.39 Å². The van der Waals surface area contributed by atoms with Crippen molar-refractivity contribution in [3.05, 3.63) is 89.2 Å². The molecule has 0 aliphatic heterocycles. The molecule has 7 heteroatoms. The summed E-state index contributed by atoms with van der Waals surface area (Å²) in [6.07, 6.45) is 3.53. The quantitative estimate of drug-likeness (QED) is 0.332. The number of halogens is 2. The van der Waals surface area contributed by atoms with Gasteiger partial charge in [-0.05, 0) is 49.7 Å². The van der Waals surface area contributed by atoms with Crippen molar-refractivity contribution >= 4 is 22.8 Å². The van der Waals surface area contributed by atoms with Gasteiger partial charge in [0.1, 0.15) is 17.0 Å². The first kappa shape index (κ1) is 20.2. The van der Waals surface area contributed by atoms with Crippen molar-refractivity contribution in [1.82, 2.24) is 24.9 Å². The second-order valence-corrected chi connectivity index (χ2v) is 7.85. The van der Waals surface area contributed by atoms with E-state index in [1.807, 2.05) is 50.2 Å². The molecule has 0 atom stereocenters. The number of benzene rings is 2. The lowest BCUT2D eigenvalue weighted by atomic mass is 10.0. The van der Waals surface area contributed by atoms with E-state index in [4.69, 9.17) is 16.6 Å². The maximum Gasteiger partial charge on any atom is 0.182 e. The van der Waals surface area contributed by atoms with E-state index in [1.165, 1.54) is 6.07 Å². The zero-order chi connectivity index (χ0) is 22.2. The first-order valence-corrected chi connectivity index (χ1v) is 10.4. The molecule has 5 nitrogen and oxygen atoms in total. The Morgan fingerprint density at radius 3 is 2.34 bits per heavy atom. The first-order valence-electron chi connectivity index (χ1n) is 9.99. The van der Waals surface area contributed by atoms with E-state index in [2.05, 4.69) is 19.9 Å². The van der Waals surface area contributed by atoms with Gasteiger partial charge in [0.15, 0.2) is 11.5 Å². The molecule has 0 amide bonds. The molecule has 0 saturated heterocycles. The average Bonchev–Trinajstić information content (AvgIpc) is 2.80. The summed E-state index contributed by atoms with van der Waals surface area (Å²) in [5, 5.41) is 0.312. The highest BCUT2D eigenvalue weighted by molar-refractivity contribution is 6.30. The van der Waals surface area contributed by atoms with Crippen LogP contribution in [-0.4, -0.2) is 24.9 Å². The third kappa shape index (κ3) is 3.69. The van der Waals surface area contributed by atoms with Crippen LogP contribution in [0.5, 0.6) is 0 Å². The van der Waals surface area contributed by atoms with E-state index >= 15 is 0 Å². The summed E-state index contributed by atoms with van der Waals surface area (Å²) in [5.74, 6) is -0.0438. The number of aromatic nitrogens is 5. The second kappa shape index (κ2) is 8.05. The van der Waals surface area contributed by atoms with Crippen LogP contribution in [0, 0.1) is 19.7 Å². The summed E-state index contributed by atoms with van der Waals surface area (Å²) in [6, 6.07) is 16.2. The molecule has 0 fully saturated rings. The van der Waals surface area contributed by atoms with E-state index in [1.54, 1.807) is 24.5 Å². The van der Waals surface area contributed by atoms with E-state index in [9.17, 15) is 4.39 Å². The number of aryl methyl sites for hydroxylation is 2. The molecule has 2 aromatic carbocycles. The largest absolute Gasteiger partial charge is 0.264 e. The molecule has 0 N–H and O–H groups in total. The van der Waals surface area contributed by atoms with Gasteiger partial charge in [-0.15, -0.1) is 0 Å². The molecule has 0 aliphatic carbocycles. The monoisotopic (exact) mass is 441 g/mol. The number of hydrogen-bond acceptors (Lipinski definition) is 5. The zero-order valence-electron chi connectivity index (χ0n) is 17.3. The Labute approximate surface area is 189 Å². The first-order chi connectivity index (χ1) is 15.5. The molecule has 0 aliphatic rings.